The third kappa shape index (κ3) is 2.90. The van der Waals surface area contributed by atoms with Gasteiger partial charge in [0.2, 0.25) is 0 Å². The smallest absolute Gasteiger partial charge is 0.274 e. The third-order valence-electron chi connectivity index (χ3n) is 4.91. The summed E-state index contributed by atoms with van der Waals surface area (Å²) in [6, 6.07) is 9.85. The quantitative estimate of drug-likeness (QED) is 0.866. The lowest BCUT2D eigenvalue weighted by molar-refractivity contribution is 0.0718. The highest BCUT2D eigenvalue weighted by molar-refractivity contribution is 5.92. The van der Waals surface area contributed by atoms with Crippen LogP contribution in [0.3, 0.4) is 0 Å². The number of rotatable bonds is 4. The fraction of sp³-hybridized carbons (Fsp3) is 0.474. The first-order valence-corrected chi connectivity index (χ1v) is 8.80. The van der Waals surface area contributed by atoms with Gasteiger partial charge in [0.05, 0.1) is 12.8 Å². The molecule has 2 heterocycles. The molecule has 126 valence electrons. The Kier molecular flexibility index (Phi) is 4.00. The number of hydrogen-bond acceptors (Lipinski definition) is 3. The molecule has 2 fully saturated rings. The summed E-state index contributed by atoms with van der Waals surface area (Å²) in [6.07, 6.45) is 5.77. The Balaban J connectivity index is 1.65. The van der Waals surface area contributed by atoms with E-state index in [2.05, 4.69) is 5.10 Å². The molecule has 0 radical (unpaired) electrons. The van der Waals surface area contributed by atoms with E-state index in [9.17, 15) is 4.79 Å². The molecule has 4 rings (SSSR count). The van der Waals surface area contributed by atoms with Crippen molar-refractivity contribution in [2.75, 3.05) is 20.2 Å². The fourth-order valence-electron chi connectivity index (χ4n) is 3.36. The van der Waals surface area contributed by atoms with Crippen molar-refractivity contribution in [3.63, 3.8) is 0 Å². The average Bonchev–Trinajstić information content (AvgIpc) is 3.40. The SMILES string of the molecule is COc1ccc(-n2nc(C(=O)N3CCCCC3)cc2C2CC2)cc1. The molecule has 2 aliphatic rings. The lowest BCUT2D eigenvalue weighted by Crippen LogP contribution is -2.35. The van der Waals surface area contributed by atoms with Crippen LogP contribution in [0.15, 0.2) is 30.3 Å². The van der Waals surface area contributed by atoms with Crippen LogP contribution in [-0.2, 0) is 0 Å². The second-order valence-corrected chi connectivity index (χ2v) is 6.69. The molecule has 0 N–H and O–H groups in total. The minimum Gasteiger partial charge on any atom is -0.497 e. The molecular formula is C19H23N3O2. The third-order valence-corrected chi connectivity index (χ3v) is 4.91. The molecule has 1 saturated carbocycles. The van der Waals surface area contributed by atoms with E-state index in [1.807, 2.05) is 39.9 Å². The number of amides is 1. The normalized spacial score (nSPS) is 17.8. The molecule has 0 bridgehead atoms. The van der Waals surface area contributed by atoms with E-state index >= 15 is 0 Å². The second kappa shape index (κ2) is 6.30. The molecule has 24 heavy (non-hydrogen) atoms. The molecule has 5 nitrogen and oxygen atoms in total. The van der Waals surface area contributed by atoms with Gasteiger partial charge in [-0.25, -0.2) is 4.68 Å². The number of aromatic nitrogens is 2. The molecule has 0 unspecified atom stereocenters. The van der Waals surface area contributed by atoms with Crippen LogP contribution in [-0.4, -0.2) is 40.8 Å². The van der Waals surface area contributed by atoms with Crippen molar-refractivity contribution in [3.8, 4) is 11.4 Å². The van der Waals surface area contributed by atoms with Crippen LogP contribution in [0.25, 0.3) is 5.69 Å². The second-order valence-electron chi connectivity index (χ2n) is 6.69. The number of likely N-dealkylation sites (tertiary alicyclic amines) is 1. The standard InChI is InChI=1S/C19H23N3O2/c1-24-16-9-7-15(8-10-16)22-18(14-5-6-14)13-17(20-22)19(23)21-11-3-2-4-12-21/h7-10,13-14H,2-6,11-12H2,1H3. The molecule has 1 aromatic heterocycles. The first kappa shape index (κ1) is 15.2. The van der Waals surface area contributed by atoms with Crippen LogP contribution < -0.4 is 4.74 Å². The Morgan fingerprint density at radius 3 is 2.46 bits per heavy atom. The Morgan fingerprint density at radius 1 is 1.12 bits per heavy atom. The highest BCUT2D eigenvalue weighted by Crippen LogP contribution is 2.41. The number of carbonyl (C=O) groups is 1. The number of hydrogen-bond donors (Lipinski definition) is 0. The van der Waals surface area contributed by atoms with Gasteiger partial charge >= 0.3 is 0 Å². The minimum absolute atomic E-state index is 0.0730. The lowest BCUT2D eigenvalue weighted by atomic mass is 10.1. The number of piperidine rings is 1. The van der Waals surface area contributed by atoms with Crippen molar-refractivity contribution >= 4 is 5.91 Å². The van der Waals surface area contributed by atoms with Crippen LogP contribution in [0.1, 0.15) is 54.2 Å². The van der Waals surface area contributed by atoms with Crippen molar-refractivity contribution in [1.29, 1.82) is 0 Å². The molecular weight excluding hydrogens is 302 g/mol. The number of ether oxygens (including phenoxy) is 1. The predicted octanol–water partition coefficient (Wildman–Crippen LogP) is 3.38. The van der Waals surface area contributed by atoms with Crippen molar-refractivity contribution in [2.24, 2.45) is 0 Å². The van der Waals surface area contributed by atoms with Gasteiger partial charge < -0.3 is 9.64 Å². The van der Waals surface area contributed by atoms with Gasteiger partial charge in [0.25, 0.3) is 5.91 Å². The van der Waals surface area contributed by atoms with Crippen molar-refractivity contribution in [3.05, 3.63) is 41.7 Å². The van der Waals surface area contributed by atoms with Gasteiger partial charge in [-0.15, -0.1) is 0 Å². The van der Waals surface area contributed by atoms with Crippen LogP contribution in [0.5, 0.6) is 5.75 Å². The topological polar surface area (TPSA) is 47.4 Å². The summed E-state index contributed by atoms with van der Waals surface area (Å²) in [7, 11) is 1.66. The summed E-state index contributed by atoms with van der Waals surface area (Å²) < 4.78 is 7.17. The van der Waals surface area contributed by atoms with Crippen LogP contribution in [0.2, 0.25) is 0 Å². The maximum absolute atomic E-state index is 12.8. The monoisotopic (exact) mass is 325 g/mol. The lowest BCUT2D eigenvalue weighted by Gasteiger charge is -2.25. The van der Waals surface area contributed by atoms with Crippen molar-refractivity contribution in [1.82, 2.24) is 14.7 Å². The zero-order valence-corrected chi connectivity index (χ0v) is 14.1. The van der Waals surface area contributed by atoms with Gasteiger partial charge in [-0.2, -0.15) is 5.10 Å². The first-order valence-electron chi connectivity index (χ1n) is 8.80. The highest BCUT2D eigenvalue weighted by atomic mass is 16.5. The zero-order chi connectivity index (χ0) is 16.5. The first-order chi connectivity index (χ1) is 11.8. The highest BCUT2D eigenvalue weighted by Gasteiger charge is 2.31. The molecule has 2 aromatic rings. The van der Waals surface area contributed by atoms with E-state index in [0.29, 0.717) is 11.6 Å². The van der Waals surface area contributed by atoms with Gasteiger partial charge in [0.15, 0.2) is 5.69 Å². The predicted molar refractivity (Wildman–Crippen MR) is 91.8 cm³/mol. The number of benzene rings is 1. The van der Waals surface area contributed by atoms with E-state index in [4.69, 9.17) is 4.74 Å². The summed E-state index contributed by atoms with van der Waals surface area (Å²) in [5, 5.41) is 4.66. The van der Waals surface area contributed by atoms with Crippen LogP contribution >= 0.6 is 0 Å². The molecule has 1 aromatic carbocycles. The van der Waals surface area contributed by atoms with Crippen molar-refractivity contribution < 1.29 is 9.53 Å². The number of methoxy groups -OCH3 is 1. The molecule has 5 heteroatoms. The van der Waals surface area contributed by atoms with Gasteiger partial charge in [-0.05, 0) is 62.4 Å². The van der Waals surface area contributed by atoms with E-state index in [1.54, 1.807) is 7.11 Å². The summed E-state index contributed by atoms with van der Waals surface area (Å²) in [4.78, 5) is 14.7. The average molecular weight is 325 g/mol. The van der Waals surface area contributed by atoms with E-state index in [0.717, 1.165) is 43.1 Å². The Hall–Kier alpha value is -2.30. The maximum atomic E-state index is 12.8. The molecule has 1 aliphatic carbocycles. The van der Waals surface area contributed by atoms with E-state index in [-0.39, 0.29) is 5.91 Å². The van der Waals surface area contributed by atoms with Crippen LogP contribution in [0, 0.1) is 0 Å². The van der Waals surface area contributed by atoms with Gasteiger partial charge in [-0.1, -0.05) is 0 Å². The molecule has 1 saturated heterocycles. The summed E-state index contributed by atoms with van der Waals surface area (Å²) in [6.45, 7) is 1.71. The zero-order valence-electron chi connectivity index (χ0n) is 14.1. The largest absolute Gasteiger partial charge is 0.497 e. The van der Waals surface area contributed by atoms with Crippen LogP contribution in [0.4, 0.5) is 0 Å². The van der Waals surface area contributed by atoms with Gasteiger partial charge in [0.1, 0.15) is 5.75 Å². The van der Waals surface area contributed by atoms with E-state index < -0.39 is 0 Å². The van der Waals surface area contributed by atoms with Gasteiger partial charge in [0, 0.05) is 24.7 Å². The Morgan fingerprint density at radius 2 is 1.83 bits per heavy atom. The minimum atomic E-state index is 0.0730. The van der Waals surface area contributed by atoms with Crippen molar-refractivity contribution in [2.45, 2.75) is 38.0 Å². The molecule has 1 amide bonds. The maximum Gasteiger partial charge on any atom is 0.274 e. The van der Waals surface area contributed by atoms with E-state index in [1.165, 1.54) is 19.3 Å². The molecule has 0 atom stereocenters. The summed E-state index contributed by atoms with van der Waals surface area (Å²) in [5.74, 6) is 1.43. The Labute approximate surface area is 142 Å². The number of carbonyl (C=O) groups excluding carboxylic acids is 1. The molecule has 0 spiro atoms. The van der Waals surface area contributed by atoms with Gasteiger partial charge in [-0.3, -0.25) is 4.79 Å². The fourth-order valence-corrected chi connectivity index (χ4v) is 3.36. The summed E-state index contributed by atoms with van der Waals surface area (Å²) in [5.41, 5.74) is 2.71. The molecule has 1 aliphatic heterocycles. The summed E-state index contributed by atoms with van der Waals surface area (Å²) >= 11 is 0. The number of nitrogens with zero attached hydrogens (tertiary/aromatic N) is 3. The Bertz CT molecular complexity index is 726.